The summed E-state index contributed by atoms with van der Waals surface area (Å²) in [5.74, 6) is -1.12. The first kappa shape index (κ1) is 23.3. The minimum absolute atomic E-state index is 0.0865. The maximum absolute atomic E-state index is 15.4. The van der Waals surface area contributed by atoms with Gasteiger partial charge in [0.05, 0.1) is 5.56 Å². The van der Waals surface area contributed by atoms with Crippen molar-refractivity contribution in [2.24, 2.45) is 5.73 Å². The van der Waals surface area contributed by atoms with Crippen molar-refractivity contribution >= 4 is 5.91 Å². The Morgan fingerprint density at radius 3 is 2.03 bits per heavy atom. The van der Waals surface area contributed by atoms with Gasteiger partial charge in [0.2, 0.25) is 0 Å². The van der Waals surface area contributed by atoms with Gasteiger partial charge in [-0.2, -0.15) is 0 Å². The normalized spacial score (nSPS) is 11.1. The molecule has 168 valence electrons. The molecule has 6 heteroatoms. The highest BCUT2D eigenvalue weighted by molar-refractivity contribution is 5.95. The molecule has 3 aromatic carbocycles. The molecule has 5 nitrogen and oxygen atoms in total. The highest BCUT2D eigenvalue weighted by Crippen LogP contribution is 2.34. The van der Waals surface area contributed by atoms with Gasteiger partial charge < -0.3 is 20.5 Å². The molecular formula is C26H29FN2O3. The lowest BCUT2D eigenvalue weighted by Gasteiger charge is -2.19. The van der Waals surface area contributed by atoms with Crippen molar-refractivity contribution in [3.63, 3.8) is 0 Å². The summed E-state index contributed by atoms with van der Waals surface area (Å²) >= 11 is 0. The standard InChI is InChI=1S/C26H29FN2O3/c1-26(2,28)15-16-29-25(30)21-13-14-22(31-17-19-9-5-3-6-10-19)24(23(21)27)32-18-20-11-7-4-8-12-20/h3-14H,15-18,28H2,1-2H3,(H,29,30). The summed E-state index contributed by atoms with van der Waals surface area (Å²) in [5, 5.41) is 2.72. The van der Waals surface area contributed by atoms with Crippen molar-refractivity contribution in [2.45, 2.75) is 39.0 Å². The molecule has 0 spiro atoms. The molecule has 0 bridgehead atoms. The lowest BCUT2D eigenvalue weighted by atomic mass is 10.0. The van der Waals surface area contributed by atoms with E-state index >= 15 is 4.39 Å². The van der Waals surface area contributed by atoms with Crippen molar-refractivity contribution in [3.05, 3.63) is 95.3 Å². The molecular weight excluding hydrogens is 407 g/mol. The zero-order valence-electron chi connectivity index (χ0n) is 18.4. The molecule has 0 aliphatic heterocycles. The first-order valence-corrected chi connectivity index (χ1v) is 10.6. The van der Waals surface area contributed by atoms with Crippen molar-refractivity contribution in [1.29, 1.82) is 0 Å². The zero-order chi connectivity index (χ0) is 23.0. The summed E-state index contributed by atoms with van der Waals surface area (Å²) in [4.78, 5) is 12.6. The topological polar surface area (TPSA) is 73.6 Å². The van der Waals surface area contributed by atoms with Gasteiger partial charge in [0.15, 0.2) is 17.3 Å². The van der Waals surface area contributed by atoms with Crippen LogP contribution in [0.4, 0.5) is 4.39 Å². The van der Waals surface area contributed by atoms with Gasteiger partial charge in [-0.1, -0.05) is 60.7 Å². The third-order valence-electron chi connectivity index (χ3n) is 4.82. The number of carbonyl (C=O) groups is 1. The van der Waals surface area contributed by atoms with Crippen LogP contribution in [0, 0.1) is 5.82 Å². The number of hydrogen-bond acceptors (Lipinski definition) is 4. The maximum Gasteiger partial charge on any atom is 0.254 e. The van der Waals surface area contributed by atoms with Crippen LogP contribution in [-0.2, 0) is 13.2 Å². The number of benzene rings is 3. The second kappa shape index (κ2) is 10.8. The van der Waals surface area contributed by atoms with Crippen LogP contribution in [0.2, 0.25) is 0 Å². The number of amides is 1. The lowest BCUT2D eigenvalue weighted by molar-refractivity contribution is 0.0946. The average Bonchev–Trinajstić information content (AvgIpc) is 2.77. The number of carbonyl (C=O) groups excluding carboxylic acids is 1. The molecule has 0 aliphatic carbocycles. The van der Waals surface area contributed by atoms with Gasteiger partial charge in [-0.15, -0.1) is 0 Å². The first-order chi connectivity index (χ1) is 15.3. The molecule has 0 unspecified atom stereocenters. The molecule has 0 aromatic heterocycles. The van der Waals surface area contributed by atoms with Gasteiger partial charge in [0, 0.05) is 12.1 Å². The van der Waals surface area contributed by atoms with Crippen LogP contribution in [0.3, 0.4) is 0 Å². The second-order valence-electron chi connectivity index (χ2n) is 8.30. The molecule has 1 amide bonds. The molecule has 0 aliphatic rings. The van der Waals surface area contributed by atoms with Crippen LogP contribution in [0.1, 0.15) is 41.8 Å². The first-order valence-electron chi connectivity index (χ1n) is 10.6. The van der Waals surface area contributed by atoms with E-state index < -0.39 is 17.3 Å². The Balaban J connectivity index is 1.80. The lowest BCUT2D eigenvalue weighted by Crippen LogP contribution is -2.37. The summed E-state index contributed by atoms with van der Waals surface area (Å²) in [7, 11) is 0. The van der Waals surface area contributed by atoms with Crippen molar-refractivity contribution in [1.82, 2.24) is 5.32 Å². The van der Waals surface area contributed by atoms with E-state index in [1.54, 1.807) is 6.07 Å². The SMILES string of the molecule is CC(C)(N)CCNC(=O)c1ccc(OCc2ccccc2)c(OCc2ccccc2)c1F. The van der Waals surface area contributed by atoms with E-state index in [1.807, 2.05) is 74.5 Å². The van der Waals surface area contributed by atoms with E-state index in [2.05, 4.69) is 5.32 Å². The molecule has 0 atom stereocenters. The van der Waals surface area contributed by atoms with Gasteiger partial charge in [-0.25, -0.2) is 4.39 Å². The van der Waals surface area contributed by atoms with E-state index in [0.717, 1.165) is 11.1 Å². The monoisotopic (exact) mass is 436 g/mol. The van der Waals surface area contributed by atoms with Gasteiger partial charge in [0.1, 0.15) is 13.2 Å². The van der Waals surface area contributed by atoms with E-state index in [1.165, 1.54) is 6.07 Å². The number of nitrogens with two attached hydrogens (primary N) is 1. The summed E-state index contributed by atoms with van der Waals surface area (Å²) in [6, 6.07) is 22.0. The third kappa shape index (κ3) is 6.82. The quantitative estimate of drug-likeness (QED) is 0.477. The van der Waals surface area contributed by atoms with E-state index in [9.17, 15) is 4.79 Å². The van der Waals surface area contributed by atoms with Crippen molar-refractivity contribution < 1.29 is 18.7 Å². The molecule has 0 heterocycles. The number of nitrogens with one attached hydrogen (secondary N) is 1. The smallest absolute Gasteiger partial charge is 0.254 e. The van der Waals surface area contributed by atoms with Crippen LogP contribution in [0.15, 0.2) is 72.8 Å². The number of rotatable bonds is 10. The summed E-state index contributed by atoms with van der Waals surface area (Å²) in [6.45, 7) is 4.47. The fraction of sp³-hybridized carbons (Fsp3) is 0.269. The van der Waals surface area contributed by atoms with Gasteiger partial charge in [0.25, 0.3) is 5.91 Å². The number of halogens is 1. The predicted octanol–water partition coefficient (Wildman–Crippen LogP) is 4.84. The van der Waals surface area contributed by atoms with Crippen LogP contribution < -0.4 is 20.5 Å². The minimum Gasteiger partial charge on any atom is -0.485 e. The summed E-state index contributed by atoms with van der Waals surface area (Å²) in [6.07, 6.45) is 0.565. The molecule has 32 heavy (non-hydrogen) atoms. The molecule has 3 rings (SSSR count). The van der Waals surface area contributed by atoms with E-state index in [0.29, 0.717) is 13.0 Å². The third-order valence-corrected chi connectivity index (χ3v) is 4.82. The molecule has 3 N–H and O–H groups in total. The van der Waals surface area contributed by atoms with Crippen molar-refractivity contribution in [2.75, 3.05) is 6.54 Å². The highest BCUT2D eigenvalue weighted by Gasteiger charge is 2.21. The zero-order valence-corrected chi connectivity index (χ0v) is 18.4. The van der Waals surface area contributed by atoms with Gasteiger partial charge >= 0.3 is 0 Å². The number of hydrogen-bond donors (Lipinski definition) is 2. The number of ether oxygens (including phenoxy) is 2. The molecule has 0 radical (unpaired) electrons. The summed E-state index contributed by atoms with van der Waals surface area (Å²) < 4.78 is 27.0. The Labute approximate surface area is 188 Å². The molecule has 0 saturated carbocycles. The Morgan fingerprint density at radius 2 is 1.47 bits per heavy atom. The molecule has 3 aromatic rings. The van der Waals surface area contributed by atoms with Gasteiger partial charge in [-0.3, -0.25) is 4.79 Å². The van der Waals surface area contributed by atoms with Crippen LogP contribution in [0.5, 0.6) is 11.5 Å². The van der Waals surface area contributed by atoms with E-state index in [-0.39, 0.29) is 30.3 Å². The Kier molecular flexibility index (Phi) is 7.84. The van der Waals surface area contributed by atoms with Crippen molar-refractivity contribution in [3.8, 4) is 11.5 Å². The summed E-state index contributed by atoms with van der Waals surface area (Å²) in [5.41, 5.74) is 7.23. The van der Waals surface area contributed by atoms with Gasteiger partial charge in [-0.05, 0) is 43.5 Å². The average molecular weight is 437 g/mol. The maximum atomic E-state index is 15.4. The minimum atomic E-state index is -0.754. The predicted molar refractivity (Wildman–Crippen MR) is 123 cm³/mol. The molecule has 0 fully saturated rings. The van der Waals surface area contributed by atoms with Crippen LogP contribution in [-0.4, -0.2) is 18.0 Å². The Morgan fingerprint density at radius 1 is 0.906 bits per heavy atom. The highest BCUT2D eigenvalue weighted by atomic mass is 19.1. The van der Waals surface area contributed by atoms with Crippen LogP contribution >= 0.6 is 0 Å². The largest absolute Gasteiger partial charge is 0.485 e. The second-order valence-corrected chi connectivity index (χ2v) is 8.30. The Bertz CT molecular complexity index is 1020. The van der Waals surface area contributed by atoms with E-state index in [4.69, 9.17) is 15.2 Å². The fourth-order valence-corrected chi connectivity index (χ4v) is 3.02. The fourth-order valence-electron chi connectivity index (χ4n) is 3.02. The Hall–Kier alpha value is -3.38. The molecule has 0 saturated heterocycles. The van der Waals surface area contributed by atoms with Crippen LogP contribution in [0.25, 0.3) is 0 Å².